The van der Waals surface area contributed by atoms with Gasteiger partial charge in [0.25, 0.3) is 20.0 Å². The van der Waals surface area contributed by atoms with Crippen molar-refractivity contribution in [1.82, 2.24) is 8.28 Å². The summed E-state index contributed by atoms with van der Waals surface area (Å²) >= 11 is 0. The SMILES string of the molecule is CN(C(c1ccccc1)c1ccccc1)S(=O)(=O)c1cc2ccccc2n1S(=O)(=O)c1ccccc1. The first-order chi connectivity index (χ1) is 17.3. The van der Waals surface area contributed by atoms with E-state index < -0.39 is 26.1 Å². The molecule has 0 aliphatic carbocycles. The molecule has 0 saturated carbocycles. The number of benzene rings is 4. The topological polar surface area (TPSA) is 76.5 Å². The highest BCUT2D eigenvalue weighted by atomic mass is 32.2. The van der Waals surface area contributed by atoms with Gasteiger partial charge in [0.15, 0.2) is 5.03 Å². The van der Waals surface area contributed by atoms with Gasteiger partial charge in [-0.3, -0.25) is 0 Å². The highest BCUT2D eigenvalue weighted by molar-refractivity contribution is 7.92. The van der Waals surface area contributed by atoms with E-state index in [0.717, 1.165) is 15.1 Å². The second-order valence-electron chi connectivity index (χ2n) is 8.37. The van der Waals surface area contributed by atoms with Crippen LogP contribution in [0, 0.1) is 0 Å². The van der Waals surface area contributed by atoms with Crippen molar-refractivity contribution in [3.8, 4) is 0 Å². The summed E-state index contributed by atoms with van der Waals surface area (Å²) in [5.74, 6) is 0. The van der Waals surface area contributed by atoms with Crippen molar-refractivity contribution < 1.29 is 16.8 Å². The van der Waals surface area contributed by atoms with E-state index in [1.807, 2.05) is 60.7 Å². The van der Waals surface area contributed by atoms with Crippen LogP contribution in [0.3, 0.4) is 0 Å². The fourth-order valence-corrected chi connectivity index (χ4v) is 7.80. The van der Waals surface area contributed by atoms with E-state index in [1.165, 1.54) is 29.6 Å². The van der Waals surface area contributed by atoms with E-state index in [1.54, 1.807) is 42.5 Å². The third kappa shape index (κ3) is 4.13. The Morgan fingerprint density at radius 2 is 1.11 bits per heavy atom. The quantitative estimate of drug-likeness (QED) is 0.295. The molecule has 0 N–H and O–H groups in total. The maximum atomic E-state index is 14.2. The van der Waals surface area contributed by atoms with Crippen LogP contribution in [-0.4, -0.2) is 32.2 Å². The molecular formula is C28H24N2O4S2. The first kappa shape index (κ1) is 24.0. The smallest absolute Gasteiger partial charge is 0.221 e. The lowest BCUT2D eigenvalue weighted by atomic mass is 9.99. The van der Waals surface area contributed by atoms with Gasteiger partial charge in [0, 0.05) is 12.4 Å². The highest BCUT2D eigenvalue weighted by Crippen LogP contribution is 2.35. The van der Waals surface area contributed by atoms with Crippen LogP contribution in [0.4, 0.5) is 0 Å². The van der Waals surface area contributed by atoms with Gasteiger partial charge in [0.05, 0.1) is 16.5 Å². The van der Waals surface area contributed by atoms with Crippen LogP contribution in [0.5, 0.6) is 0 Å². The fourth-order valence-electron chi connectivity index (χ4n) is 4.40. The fraction of sp³-hybridized carbons (Fsp3) is 0.0714. The summed E-state index contributed by atoms with van der Waals surface area (Å²) in [5, 5.41) is 0.201. The number of hydrogen-bond donors (Lipinski definition) is 0. The largest absolute Gasteiger partial charge is 0.269 e. The Hall–Kier alpha value is -3.72. The zero-order chi connectivity index (χ0) is 25.3. The molecule has 182 valence electrons. The van der Waals surface area contributed by atoms with Gasteiger partial charge in [0.2, 0.25) is 0 Å². The molecule has 8 heteroatoms. The van der Waals surface area contributed by atoms with Crippen molar-refractivity contribution in [3.63, 3.8) is 0 Å². The van der Waals surface area contributed by atoms with E-state index in [4.69, 9.17) is 0 Å². The Bertz CT molecular complexity index is 1680. The lowest BCUT2D eigenvalue weighted by Gasteiger charge is -2.28. The van der Waals surface area contributed by atoms with Gasteiger partial charge in [0.1, 0.15) is 0 Å². The molecule has 0 amide bonds. The molecule has 5 rings (SSSR count). The van der Waals surface area contributed by atoms with Crippen LogP contribution in [0.2, 0.25) is 0 Å². The minimum atomic E-state index is -4.30. The van der Waals surface area contributed by atoms with E-state index >= 15 is 0 Å². The molecule has 5 aromatic rings. The standard InChI is InChI=1S/C28H24N2O4S2/c1-29(28(22-13-5-2-6-14-22)23-15-7-3-8-16-23)36(33,34)27-21-24-17-11-12-20-26(24)30(27)35(31,32)25-18-9-4-10-19-25/h2-21,28H,1H3. The van der Waals surface area contributed by atoms with Crippen molar-refractivity contribution in [3.05, 3.63) is 132 Å². The zero-order valence-corrected chi connectivity index (χ0v) is 21.1. The van der Waals surface area contributed by atoms with E-state index in [9.17, 15) is 16.8 Å². The highest BCUT2D eigenvalue weighted by Gasteiger charge is 2.36. The third-order valence-corrected chi connectivity index (χ3v) is 9.81. The number of nitrogens with zero attached hydrogens (tertiary/aromatic N) is 2. The molecule has 0 spiro atoms. The van der Waals surface area contributed by atoms with Crippen molar-refractivity contribution in [2.24, 2.45) is 0 Å². The van der Waals surface area contributed by atoms with Crippen LogP contribution in [0.25, 0.3) is 10.9 Å². The summed E-state index contributed by atoms with van der Waals surface area (Å²) in [6.07, 6.45) is 0. The summed E-state index contributed by atoms with van der Waals surface area (Å²) < 4.78 is 58.2. The third-order valence-electron chi connectivity index (χ3n) is 6.15. The number of fused-ring (bicyclic) bond motifs is 1. The zero-order valence-electron chi connectivity index (χ0n) is 19.5. The molecule has 6 nitrogen and oxygen atoms in total. The number of hydrogen-bond acceptors (Lipinski definition) is 4. The van der Waals surface area contributed by atoms with Gasteiger partial charge in [-0.25, -0.2) is 20.8 Å². The van der Waals surface area contributed by atoms with Crippen LogP contribution >= 0.6 is 0 Å². The summed E-state index contributed by atoms with van der Waals surface area (Å²) in [5.41, 5.74) is 1.83. The van der Waals surface area contributed by atoms with Gasteiger partial charge in [-0.15, -0.1) is 0 Å². The molecule has 0 bridgehead atoms. The van der Waals surface area contributed by atoms with Crippen LogP contribution in [-0.2, 0) is 20.0 Å². The van der Waals surface area contributed by atoms with E-state index in [0.29, 0.717) is 10.9 Å². The minimum absolute atomic E-state index is 0.00752. The van der Waals surface area contributed by atoms with Crippen LogP contribution in [0.1, 0.15) is 17.2 Å². The number of sulfonamides is 1. The van der Waals surface area contributed by atoms with Gasteiger partial charge < -0.3 is 0 Å². The minimum Gasteiger partial charge on any atom is -0.221 e. The normalized spacial score (nSPS) is 12.4. The molecule has 1 heterocycles. The molecule has 0 aliphatic rings. The lowest BCUT2D eigenvalue weighted by Crippen LogP contribution is -2.34. The monoisotopic (exact) mass is 516 g/mol. The van der Waals surface area contributed by atoms with Gasteiger partial charge in [-0.2, -0.15) is 4.31 Å². The average Bonchev–Trinajstić information content (AvgIpc) is 3.32. The van der Waals surface area contributed by atoms with Crippen molar-refractivity contribution in [2.75, 3.05) is 7.05 Å². The molecule has 0 radical (unpaired) electrons. The van der Waals surface area contributed by atoms with Gasteiger partial charge in [-0.1, -0.05) is 97.1 Å². The average molecular weight is 517 g/mol. The van der Waals surface area contributed by atoms with Crippen LogP contribution in [0.15, 0.2) is 131 Å². The van der Waals surface area contributed by atoms with Gasteiger partial charge >= 0.3 is 0 Å². The summed E-state index contributed by atoms with van der Waals surface area (Å²) in [4.78, 5) is 0.00752. The Balaban J connectivity index is 1.74. The molecule has 0 atom stereocenters. The Morgan fingerprint density at radius 3 is 1.67 bits per heavy atom. The molecule has 1 aromatic heterocycles. The molecular weight excluding hydrogens is 492 g/mol. The first-order valence-corrected chi connectivity index (χ1v) is 14.2. The molecule has 0 aliphatic heterocycles. The number of rotatable bonds is 7. The van der Waals surface area contributed by atoms with E-state index in [2.05, 4.69) is 0 Å². The molecule has 4 aromatic carbocycles. The van der Waals surface area contributed by atoms with Gasteiger partial charge in [-0.05, 0) is 35.4 Å². The summed E-state index contributed by atoms with van der Waals surface area (Å²) in [7, 11) is -7.03. The number of para-hydroxylation sites is 1. The predicted molar refractivity (Wildman–Crippen MR) is 141 cm³/mol. The summed E-state index contributed by atoms with van der Waals surface area (Å²) in [6, 6.07) is 33.9. The maximum Gasteiger partial charge on any atom is 0.269 e. The van der Waals surface area contributed by atoms with Crippen molar-refractivity contribution in [1.29, 1.82) is 0 Å². The second kappa shape index (κ2) is 9.39. The Labute approximate surface area is 211 Å². The van der Waals surface area contributed by atoms with Crippen molar-refractivity contribution >= 4 is 30.9 Å². The van der Waals surface area contributed by atoms with E-state index in [-0.39, 0.29) is 9.92 Å². The molecule has 0 fully saturated rings. The second-order valence-corrected chi connectivity index (χ2v) is 12.1. The number of aromatic nitrogens is 1. The summed E-state index contributed by atoms with van der Waals surface area (Å²) in [6.45, 7) is 0. The predicted octanol–water partition coefficient (Wildman–Crippen LogP) is 5.29. The Morgan fingerprint density at radius 1 is 0.639 bits per heavy atom. The maximum absolute atomic E-state index is 14.2. The molecule has 36 heavy (non-hydrogen) atoms. The molecule has 0 saturated heterocycles. The first-order valence-electron chi connectivity index (χ1n) is 11.3. The Kier molecular flexibility index (Phi) is 6.26. The lowest BCUT2D eigenvalue weighted by molar-refractivity contribution is 0.415. The molecule has 0 unspecified atom stereocenters. The van der Waals surface area contributed by atoms with Crippen molar-refractivity contribution in [2.45, 2.75) is 16.0 Å². The van der Waals surface area contributed by atoms with Crippen LogP contribution < -0.4 is 0 Å².